The zero-order valence-corrected chi connectivity index (χ0v) is 44.2. The van der Waals surface area contributed by atoms with Crippen molar-refractivity contribution < 1.29 is 0 Å². The molecule has 0 aliphatic carbocycles. The molecule has 0 atom stereocenters. The van der Waals surface area contributed by atoms with Crippen LogP contribution in [0.15, 0.2) is 249 Å². The van der Waals surface area contributed by atoms with Crippen LogP contribution >= 0.6 is 0 Å². The predicted molar refractivity (Wildman–Crippen MR) is 334 cm³/mol. The van der Waals surface area contributed by atoms with Crippen molar-refractivity contribution in [2.45, 2.75) is 0 Å². The van der Waals surface area contributed by atoms with E-state index in [1.54, 1.807) is 54.6 Å². The van der Waals surface area contributed by atoms with E-state index in [2.05, 4.69) is 205 Å². The predicted octanol–water partition coefficient (Wildman–Crippen LogP) is 18.9. The minimum absolute atomic E-state index is 0.273. The molecule has 382 valence electrons. The first-order chi connectivity index (χ1) is 40.9. The highest BCUT2D eigenvalue weighted by Crippen LogP contribution is 2.41. The highest BCUT2D eigenvalue weighted by atomic mass is 15.0. The van der Waals surface area contributed by atoms with Crippen LogP contribution in [0.3, 0.4) is 0 Å². The van der Waals surface area contributed by atoms with Crippen molar-refractivity contribution in [2.24, 2.45) is 0 Å². The summed E-state index contributed by atoms with van der Waals surface area (Å²) in [5, 5.41) is 28.7. The molecule has 11 aromatic carbocycles. The van der Waals surface area contributed by atoms with Crippen molar-refractivity contribution in [1.29, 1.82) is 10.5 Å². The number of hydrogen-bond donors (Lipinski definition) is 0. The largest absolute Gasteiger partial charge is 0.309 e. The zero-order chi connectivity index (χ0) is 55.7. The lowest BCUT2D eigenvalue weighted by Crippen LogP contribution is -1.99. The second-order valence-electron chi connectivity index (χ2n) is 20.6. The lowest BCUT2D eigenvalue weighted by molar-refractivity contribution is 1.16. The molecule has 0 fully saturated rings. The van der Waals surface area contributed by atoms with E-state index in [9.17, 15) is 10.5 Å². The van der Waals surface area contributed by atoms with Gasteiger partial charge in [-0.2, -0.15) is 10.5 Å². The fourth-order valence-corrected chi connectivity index (χ4v) is 12.2. The average molecular weight is 1060 g/mol. The van der Waals surface area contributed by atoms with Gasteiger partial charge >= 0.3 is 0 Å². The fourth-order valence-electron chi connectivity index (χ4n) is 12.2. The molecular weight excluding hydrogens is 1010 g/mol. The van der Waals surface area contributed by atoms with Crippen LogP contribution < -0.4 is 0 Å². The first-order valence-electron chi connectivity index (χ1n) is 27.1. The molecular formula is C74H41N9. The van der Waals surface area contributed by atoms with Gasteiger partial charge in [-0.15, -0.1) is 0 Å². The van der Waals surface area contributed by atoms with E-state index in [0.29, 0.717) is 50.8 Å². The Balaban J connectivity index is 0.807. The molecule has 15 aromatic rings. The molecule has 0 saturated heterocycles. The third kappa shape index (κ3) is 7.90. The van der Waals surface area contributed by atoms with Crippen LogP contribution in [0.4, 0.5) is 11.4 Å². The molecule has 15 rings (SSSR count). The maximum atomic E-state index is 10.7. The van der Waals surface area contributed by atoms with Gasteiger partial charge in [-0.1, -0.05) is 146 Å². The van der Waals surface area contributed by atoms with E-state index in [4.69, 9.17) is 23.1 Å². The van der Waals surface area contributed by atoms with Gasteiger partial charge in [0.05, 0.1) is 80.9 Å². The number of aromatic nitrogens is 5. The summed E-state index contributed by atoms with van der Waals surface area (Å²) in [5.41, 5.74) is 17.6. The van der Waals surface area contributed by atoms with Crippen molar-refractivity contribution in [2.75, 3.05) is 0 Å². The third-order valence-electron chi connectivity index (χ3n) is 16.0. The Labute approximate surface area is 476 Å². The van der Waals surface area contributed by atoms with E-state index in [1.165, 1.54) is 21.5 Å². The van der Waals surface area contributed by atoms with Crippen LogP contribution in [0.1, 0.15) is 11.1 Å². The number of rotatable bonds is 8. The second-order valence-corrected chi connectivity index (χ2v) is 20.6. The van der Waals surface area contributed by atoms with E-state index in [0.717, 1.165) is 77.6 Å². The summed E-state index contributed by atoms with van der Waals surface area (Å²) in [4.78, 5) is 17.0. The molecule has 4 aromatic heterocycles. The lowest BCUT2D eigenvalue weighted by Gasteiger charge is -2.14. The van der Waals surface area contributed by atoms with Gasteiger partial charge in [0.1, 0.15) is 0 Å². The number of para-hydroxylation sites is 4. The highest BCUT2D eigenvalue weighted by Gasteiger charge is 2.22. The summed E-state index contributed by atoms with van der Waals surface area (Å²) in [6, 6.07) is 89.4. The van der Waals surface area contributed by atoms with Gasteiger partial charge < -0.3 is 13.7 Å². The number of fused-ring (bicyclic) bond motifs is 9. The van der Waals surface area contributed by atoms with E-state index < -0.39 is 0 Å². The average Bonchev–Trinajstić information content (AvgIpc) is 2.88. The molecule has 0 aliphatic rings. The monoisotopic (exact) mass is 1060 g/mol. The molecule has 0 bridgehead atoms. The number of hydrogen-bond acceptors (Lipinski definition) is 4. The van der Waals surface area contributed by atoms with Crippen LogP contribution in [0.2, 0.25) is 0 Å². The smallest absolute Gasteiger partial charge is 0.187 e. The molecule has 9 heteroatoms. The van der Waals surface area contributed by atoms with Crippen molar-refractivity contribution in [3.63, 3.8) is 0 Å². The SMILES string of the molecule is [C-]#[N+]c1cccc(-c2cc(-c3c(C#N)cc(-c4ccc(-c5ccc(-n6c7ccc(-n8c9ccccc9c9ccccc98)cc7c7cc(-n8c9ccccc9c9ccccc98)ccc76)cc5)cc4)cc3C#N)nc(-c3cccc([N+]#[C-])c3)n2)c1. The molecule has 83 heavy (non-hydrogen) atoms. The van der Waals surface area contributed by atoms with E-state index in [-0.39, 0.29) is 11.1 Å². The Bertz CT molecular complexity index is 4990. The number of nitriles is 2. The quantitative estimate of drug-likeness (QED) is 0.142. The van der Waals surface area contributed by atoms with Crippen molar-refractivity contribution in [3.05, 3.63) is 283 Å². The molecule has 9 nitrogen and oxygen atoms in total. The van der Waals surface area contributed by atoms with Gasteiger partial charge in [0.15, 0.2) is 17.2 Å². The number of nitrogens with zero attached hydrogens (tertiary/aromatic N) is 9. The summed E-state index contributed by atoms with van der Waals surface area (Å²) in [6.45, 7) is 15.2. The van der Waals surface area contributed by atoms with E-state index in [1.807, 2.05) is 24.3 Å². The molecule has 4 heterocycles. The summed E-state index contributed by atoms with van der Waals surface area (Å²) in [5.74, 6) is 0.321. The van der Waals surface area contributed by atoms with Gasteiger partial charge in [0.2, 0.25) is 0 Å². The number of benzene rings is 11. The van der Waals surface area contributed by atoms with E-state index >= 15 is 0 Å². The van der Waals surface area contributed by atoms with Crippen LogP contribution in [-0.2, 0) is 0 Å². The highest BCUT2D eigenvalue weighted by molar-refractivity contribution is 6.14. The summed E-state index contributed by atoms with van der Waals surface area (Å²) < 4.78 is 7.14. The molecule has 0 N–H and O–H groups in total. The van der Waals surface area contributed by atoms with Crippen LogP contribution in [0.25, 0.3) is 148 Å². The maximum Gasteiger partial charge on any atom is 0.187 e. The topological polar surface area (TPSA) is 96.9 Å². The molecule has 0 amide bonds. The standard InChI is InChI=1S/C74H41N9/c1-77-54-15-11-13-49(39-54)65-43-66(80-74(79-65)50-14-12-16-55(40-50)78-2)73-52(44-75)37-51(38-53(73)45-76)48-27-25-46(26-28-48)47-29-31-56(32-30-47)81-71-35-33-57(82-67-21-7-3-17-59(67)60-18-4-8-22-68(60)82)41-63(71)64-42-58(34-36-72(64)81)83-69-23-9-5-19-61(69)62-20-6-10-24-70(62)83/h3-43H. The summed E-state index contributed by atoms with van der Waals surface area (Å²) in [7, 11) is 0. The van der Waals surface area contributed by atoms with Crippen LogP contribution in [0, 0.1) is 35.8 Å². The van der Waals surface area contributed by atoms with Gasteiger partial charge in [-0.25, -0.2) is 19.7 Å². The first-order valence-corrected chi connectivity index (χ1v) is 27.1. The minimum Gasteiger partial charge on any atom is -0.309 e. The Morgan fingerprint density at radius 2 is 0.699 bits per heavy atom. The third-order valence-corrected chi connectivity index (χ3v) is 16.0. The molecule has 0 spiro atoms. The molecule has 0 saturated carbocycles. The van der Waals surface area contributed by atoms with Gasteiger partial charge in [0, 0.05) is 60.5 Å². The molecule has 0 unspecified atom stereocenters. The van der Waals surface area contributed by atoms with Gasteiger partial charge in [-0.05, 0) is 131 Å². The Morgan fingerprint density at radius 3 is 1.17 bits per heavy atom. The molecule has 0 aliphatic heterocycles. The molecule has 0 radical (unpaired) electrons. The fraction of sp³-hybridized carbons (Fsp3) is 0. The Hall–Kier alpha value is -12.1. The minimum atomic E-state index is 0.273. The summed E-state index contributed by atoms with van der Waals surface area (Å²) in [6.07, 6.45) is 0. The van der Waals surface area contributed by atoms with Gasteiger partial charge in [0.25, 0.3) is 0 Å². The first kappa shape index (κ1) is 48.0. The Morgan fingerprint density at radius 1 is 0.313 bits per heavy atom. The van der Waals surface area contributed by atoms with Crippen molar-refractivity contribution >= 4 is 76.8 Å². The normalized spacial score (nSPS) is 11.3. The van der Waals surface area contributed by atoms with Crippen molar-refractivity contribution in [1.82, 2.24) is 23.7 Å². The van der Waals surface area contributed by atoms with Crippen LogP contribution in [0.5, 0.6) is 0 Å². The summed E-state index contributed by atoms with van der Waals surface area (Å²) >= 11 is 0. The second kappa shape index (κ2) is 19.3. The maximum absolute atomic E-state index is 10.7. The Kier molecular flexibility index (Phi) is 11.2. The lowest BCUT2D eigenvalue weighted by atomic mass is 9.92. The van der Waals surface area contributed by atoms with Crippen molar-refractivity contribution in [3.8, 4) is 85.4 Å². The zero-order valence-electron chi connectivity index (χ0n) is 44.2. The van der Waals surface area contributed by atoms with Gasteiger partial charge in [-0.3, -0.25) is 0 Å². The van der Waals surface area contributed by atoms with Crippen LogP contribution in [-0.4, -0.2) is 23.7 Å².